The van der Waals surface area contributed by atoms with Crippen LogP contribution < -0.4 is 4.72 Å². The third kappa shape index (κ3) is 2.59. The van der Waals surface area contributed by atoms with Gasteiger partial charge in [0, 0.05) is 0 Å². The average molecular weight is 272 g/mol. The SMILES string of the molecule is Cc1ccc(NS(=O)(=O)c2cnc[nH]2)c(Cl)c1. The number of hydrogen-bond donors (Lipinski definition) is 2. The van der Waals surface area contributed by atoms with Crippen LogP contribution in [0.5, 0.6) is 0 Å². The van der Waals surface area contributed by atoms with Gasteiger partial charge in [-0.1, -0.05) is 17.7 Å². The zero-order valence-electron chi connectivity index (χ0n) is 8.94. The summed E-state index contributed by atoms with van der Waals surface area (Å²) in [5, 5.41) is 0.349. The topological polar surface area (TPSA) is 74.8 Å². The van der Waals surface area contributed by atoms with E-state index in [-0.39, 0.29) is 5.03 Å². The van der Waals surface area contributed by atoms with E-state index >= 15 is 0 Å². The van der Waals surface area contributed by atoms with Crippen molar-refractivity contribution < 1.29 is 8.42 Å². The van der Waals surface area contributed by atoms with Crippen molar-refractivity contribution in [2.24, 2.45) is 0 Å². The largest absolute Gasteiger partial charge is 0.334 e. The Bertz CT molecular complexity index is 623. The number of halogens is 1. The van der Waals surface area contributed by atoms with Crippen LogP contribution in [0.2, 0.25) is 5.02 Å². The Labute approximate surface area is 104 Å². The minimum atomic E-state index is -3.66. The van der Waals surface area contributed by atoms with E-state index < -0.39 is 10.0 Å². The maximum Gasteiger partial charge on any atom is 0.279 e. The molecular formula is C10H10ClN3O2S. The molecule has 0 atom stereocenters. The van der Waals surface area contributed by atoms with Crippen LogP contribution in [0.25, 0.3) is 0 Å². The van der Waals surface area contributed by atoms with Gasteiger partial charge in [0.1, 0.15) is 0 Å². The van der Waals surface area contributed by atoms with Crippen LogP contribution in [0.1, 0.15) is 5.56 Å². The summed E-state index contributed by atoms with van der Waals surface area (Å²) in [4.78, 5) is 6.18. The van der Waals surface area contributed by atoms with Crippen molar-refractivity contribution in [3.05, 3.63) is 41.3 Å². The zero-order valence-corrected chi connectivity index (χ0v) is 10.5. The van der Waals surface area contributed by atoms with Gasteiger partial charge in [-0.15, -0.1) is 0 Å². The summed E-state index contributed by atoms with van der Waals surface area (Å²) < 4.78 is 26.1. The Balaban J connectivity index is 2.33. The second-order valence-electron chi connectivity index (χ2n) is 3.50. The Morgan fingerprint density at radius 2 is 2.18 bits per heavy atom. The quantitative estimate of drug-likeness (QED) is 0.898. The molecule has 1 aromatic carbocycles. The fraction of sp³-hybridized carbons (Fsp3) is 0.100. The third-order valence-electron chi connectivity index (χ3n) is 2.13. The predicted molar refractivity (Wildman–Crippen MR) is 65.6 cm³/mol. The summed E-state index contributed by atoms with van der Waals surface area (Å²) in [7, 11) is -3.66. The molecule has 1 aromatic heterocycles. The number of H-pyrrole nitrogens is 1. The van der Waals surface area contributed by atoms with Gasteiger partial charge in [-0.05, 0) is 24.6 Å². The molecule has 7 heteroatoms. The fourth-order valence-corrected chi connectivity index (χ4v) is 2.62. The summed E-state index contributed by atoms with van der Waals surface area (Å²) in [5.41, 5.74) is 1.30. The first kappa shape index (κ1) is 11.9. The summed E-state index contributed by atoms with van der Waals surface area (Å²) in [6.07, 6.45) is 2.52. The first-order valence-corrected chi connectivity index (χ1v) is 6.62. The van der Waals surface area contributed by atoms with Crippen molar-refractivity contribution in [1.82, 2.24) is 9.97 Å². The molecule has 1 heterocycles. The standard InChI is InChI=1S/C10H10ClN3O2S/c1-7-2-3-9(8(11)4-7)14-17(15,16)10-5-12-6-13-10/h2-6,14H,1H3,(H,12,13). The molecule has 0 unspecified atom stereocenters. The average Bonchev–Trinajstić information content (AvgIpc) is 2.76. The molecule has 2 rings (SSSR count). The number of rotatable bonds is 3. The van der Waals surface area contributed by atoms with Gasteiger partial charge in [-0.2, -0.15) is 8.42 Å². The summed E-state index contributed by atoms with van der Waals surface area (Å²) >= 11 is 5.94. The number of anilines is 1. The molecule has 0 aliphatic heterocycles. The summed E-state index contributed by atoms with van der Waals surface area (Å²) in [5.74, 6) is 0. The van der Waals surface area contributed by atoms with Gasteiger partial charge < -0.3 is 4.98 Å². The molecule has 0 bridgehead atoms. The summed E-state index contributed by atoms with van der Waals surface area (Å²) in [6, 6.07) is 5.08. The van der Waals surface area contributed by atoms with Crippen LogP contribution in [0.15, 0.2) is 35.7 Å². The molecular weight excluding hydrogens is 262 g/mol. The van der Waals surface area contributed by atoms with E-state index in [0.717, 1.165) is 5.56 Å². The van der Waals surface area contributed by atoms with Gasteiger partial charge in [0.15, 0.2) is 5.03 Å². The molecule has 0 saturated carbocycles. The Morgan fingerprint density at radius 3 is 2.76 bits per heavy atom. The molecule has 0 spiro atoms. The zero-order chi connectivity index (χ0) is 12.5. The van der Waals surface area contributed by atoms with Gasteiger partial charge in [0.25, 0.3) is 10.0 Å². The predicted octanol–water partition coefficient (Wildman–Crippen LogP) is 2.17. The lowest BCUT2D eigenvalue weighted by molar-refractivity contribution is 0.598. The van der Waals surface area contributed by atoms with Crippen molar-refractivity contribution in [2.75, 3.05) is 4.72 Å². The molecule has 0 radical (unpaired) electrons. The van der Waals surface area contributed by atoms with E-state index in [1.165, 1.54) is 12.5 Å². The number of hydrogen-bond acceptors (Lipinski definition) is 3. The van der Waals surface area contributed by atoms with E-state index in [0.29, 0.717) is 10.7 Å². The highest BCUT2D eigenvalue weighted by atomic mass is 35.5. The van der Waals surface area contributed by atoms with Crippen molar-refractivity contribution in [3.8, 4) is 0 Å². The minimum Gasteiger partial charge on any atom is -0.334 e. The van der Waals surface area contributed by atoms with Crippen molar-refractivity contribution in [2.45, 2.75) is 11.9 Å². The van der Waals surface area contributed by atoms with Gasteiger partial charge in [0.2, 0.25) is 0 Å². The molecule has 90 valence electrons. The number of nitrogens with zero attached hydrogens (tertiary/aromatic N) is 1. The third-order valence-corrected chi connectivity index (χ3v) is 3.74. The van der Waals surface area contributed by atoms with Crippen molar-refractivity contribution >= 4 is 27.3 Å². The number of benzene rings is 1. The van der Waals surface area contributed by atoms with Gasteiger partial charge in [-0.25, -0.2) is 4.98 Å². The monoisotopic (exact) mass is 271 g/mol. The van der Waals surface area contributed by atoms with Crippen LogP contribution in [-0.2, 0) is 10.0 Å². The second kappa shape index (κ2) is 4.38. The highest BCUT2D eigenvalue weighted by Gasteiger charge is 2.16. The van der Waals surface area contributed by atoms with E-state index in [4.69, 9.17) is 11.6 Å². The molecule has 2 N–H and O–H groups in total. The van der Waals surface area contributed by atoms with E-state index in [1.807, 2.05) is 6.92 Å². The van der Waals surface area contributed by atoms with Crippen LogP contribution in [0.4, 0.5) is 5.69 Å². The van der Waals surface area contributed by atoms with Crippen molar-refractivity contribution in [1.29, 1.82) is 0 Å². The van der Waals surface area contributed by atoms with E-state index in [1.54, 1.807) is 18.2 Å². The van der Waals surface area contributed by atoms with Crippen molar-refractivity contribution in [3.63, 3.8) is 0 Å². The summed E-state index contributed by atoms with van der Waals surface area (Å²) in [6.45, 7) is 1.87. The number of aromatic nitrogens is 2. The second-order valence-corrected chi connectivity index (χ2v) is 5.56. The maximum atomic E-state index is 11.9. The molecule has 5 nitrogen and oxygen atoms in total. The Hall–Kier alpha value is -1.53. The minimum absolute atomic E-state index is 0.00542. The number of sulfonamides is 1. The van der Waals surface area contributed by atoms with Gasteiger partial charge in [0.05, 0.1) is 23.2 Å². The van der Waals surface area contributed by atoms with E-state index in [9.17, 15) is 8.42 Å². The first-order valence-electron chi connectivity index (χ1n) is 4.76. The number of aryl methyl sites for hydroxylation is 1. The number of imidazole rings is 1. The highest BCUT2D eigenvalue weighted by Crippen LogP contribution is 2.24. The van der Waals surface area contributed by atoms with Gasteiger partial charge in [-0.3, -0.25) is 4.72 Å². The lowest BCUT2D eigenvalue weighted by Gasteiger charge is -2.08. The molecule has 2 aromatic rings. The Morgan fingerprint density at radius 1 is 1.41 bits per heavy atom. The van der Waals surface area contributed by atoms with Gasteiger partial charge >= 0.3 is 0 Å². The fourth-order valence-electron chi connectivity index (χ4n) is 1.29. The molecule has 0 amide bonds. The highest BCUT2D eigenvalue weighted by molar-refractivity contribution is 7.92. The lowest BCUT2D eigenvalue weighted by atomic mass is 10.2. The van der Waals surface area contributed by atoms with Crippen LogP contribution >= 0.6 is 11.6 Å². The number of aromatic amines is 1. The normalized spacial score (nSPS) is 11.4. The molecule has 0 fully saturated rings. The smallest absolute Gasteiger partial charge is 0.279 e. The molecule has 0 aliphatic rings. The first-order chi connectivity index (χ1) is 7.99. The van der Waals surface area contributed by atoms with Crippen LogP contribution in [0, 0.1) is 6.92 Å². The Kier molecular flexibility index (Phi) is 3.08. The van der Waals surface area contributed by atoms with Crippen LogP contribution in [-0.4, -0.2) is 18.4 Å². The van der Waals surface area contributed by atoms with Crippen LogP contribution in [0.3, 0.4) is 0 Å². The molecule has 0 aliphatic carbocycles. The maximum absolute atomic E-state index is 11.9. The number of nitrogens with one attached hydrogen (secondary N) is 2. The van der Waals surface area contributed by atoms with E-state index in [2.05, 4.69) is 14.7 Å². The molecule has 0 saturated heterocycles. The molecule has 17 heavy (non-hydrogen) atoms. The lowest BCUT2D eigenvalue weighted by Crippen LogP contribution is -2.13.